The van der Waals surface area contributed by atoms with Crippen molar-refractivity contribution >= 4 is 16.6 Å². The van der Waals surface area contributed by atoms with Crippen molar-refractivity contribution < 1.29 is 22.6 Å². The number of halogens is 3. The van der Waals surface area contributed by atoms with E-state index >= 15 is 0 Å². The molecule has 0 spiro atoms. The predicted molar refractivity (Wildman–Crippen MR) is 129 cm³/mol. The van der Waals surface area contributed by atoms with Gasteiger partial charge in [-0.25, -0.2) is 4.98 Å². The van der Waals surface area contributed by atoms with E-state index in [1.165, 1.54) is 17.2 Å². The van der Waals surface area contributed by atoms with E-state index in [1.807, 2.05) is 18.2 Å². The molecule has 2 N–H and O–H groups in total. The van der Waals surface area contributed by atoms with Crippen molar-refractivity contribution in [2.45, 2.75) is 31.1 Å². The number of methoxy groups -OCH3 is 1. The summed E-state index contributed by atoms with van der Waals surface area (Å²) in [6.07, 6.45) is -2.52. The second-order valence-electron chi connectivity index (χ2n) is 9.43. The molecule has 1 aliphatic heterocycles. The first kappa shape index (κ1) is 24.4. The van der Waals surface area contributed by atoms with E-state index in [0.29, 0.717) is 48.1 Å². The Morgan fingerprint density at radius 1 is 1.11 bits per heavy atom. The zero-order chi connectivity index (χ0) is 25.5. The van der Waals surface area contributed by atoms with Crippen LogP contribution < -0.4 is 10.5 Å². The third-order valence-corrected chi connectivity index (χ3v) is 6.40. The Kier molecular flexibility index (Phi) is 6.31. The molecule has 5 rings (SSSR count). The van der Waals surface area contributed by atoms with Crippen LogP contribution in [0, 0.1) is 0 Å². The summed E-state index contributed by atoms with van der Waals surface area (Å²) >= 11 is 0. The monoisotopic (exact) mass is 500 g/mol. The Morgan fingerprint density at radius 2 is 1.92 bits per heavy atom. The number of aromatic nitrogens is 4. The summed E-state index contributed by atoms with van der Waals surface area (Å²) in [5.74, 6) is 0.994. The van der Waals surface area contributed by atoms with Gasteiger partial charge in [0.05, 0.1) is 12.1 Å². The van der Waals surface area contributed by atoms with Gasteiger partial charge in [0.15, 0.2) is 11.5 Å². The Morgan fingerprint density at radius 3 is 2.64 bits per heavy atom. The molecule has 4 aromatic rings. The number of rotatable bonds is 7. The Labute approximate surface area is 205 Å². The predicted octanol–water partition coefficient (Wildman–Crippen LogP) is 4.00. The third-order valence-electron chi connectivity index (χ3n) is 6.40. The molecule has 11 heteroatoms. The number of fused-ring (bicyclic) bond motifs is 2. The van der Waals surface area contributed by atoms with E-state index < -0.39 is 17.8 Å². The molecule has 0 amide bonds. The summed E-state index contributed by atoms with van der Waals surface area (Å²) in [6, 6.07) is 10.4. The smallest absolute Gasteiger partial charge is 0.408 e. The Bertz CT molecular complexity index is 1390. The molecular weight excluding hydrogens is 473 g/mol. The van der Waals surface area contributed by atoms with Crippen LogP contribution in [0.3, 0.4) is 0 Å². The van der Waals surface area contributed by atoms with Crippen LogP contribution in [0.15, 0.2) is 48.7 Å². The lowest BCUT2D eigenvalue weighted by Crippen LogP contribution is -2.43. The molecule has 1 unspecified atom stereocenters. The van der Waals surface area contributed by atoms with E-state index in [4.69, 9.17) is 20.2 Å². The zero-order valence-electron chi connectivity index (χ0n) is 20.0. The fraction of sp³-hybridized carbons (Fsp3) is 0.400. The second-order valence-corrected chi connectivity index (χ2v) is 9.43. The van der Waals surface area contributed by atoms with Crippen LogP contribution in [0.5, 0.6) is 5.75 Å². The summed E-state index contributed by atoms with van der Waals surface area (Å²) in [5, 5.41) is 9.26. The number of alkyl halides is 3. The number of ether oxygens (including phenoxy) is 2. The fourth-order valence-corrected chi connectivity index (χ4v) is 4.65. The van der Waals surface area contributed by atoms with E-state index in [-0.39, 0.29) is 18.7 Å². The minimum absolute atomic E-state index is 0.100. The van der Waals surface area contributed by atoms with Gasteiger partial charge in [0, 0.05) is 43.4 Å². The molecule has 36 heavy (non-hydrogen) atoms. The summed E-state index contributed by atoms with van der Waals surface area (Å²) in [7, 11) is 1.60. The fourth-order valence-electron chi connectivity index (χ4n) is 4.65. The molecule has 2 atom stereocenters. The van der Waals surface area contributed by atoms with Crippen LogP contribution >= 0.6 is 0 Å². The molecule has 8 nitrogen and oxygen atoms in total. The van der Waals surface area contributed by atoms with Crippen molar-refractivity contribution in [2.75, 3.05) is 33.4 Å². The molecule has 4 heterocycles. The van der Waals surface area contributed by atoms with Gasteiger partial charge < -0.3 is 15.2 Å². The number of nitrogens with zero attached hydrogens (tertiary/aromatic N) is 5. The summed E-state index contributed by atoms with van der Waals surface area (Å²) < 4.78 is 54.9. The van der Waals surface area contributed by atoms with Crippen LogP contribution in [0.1, 0.15) is 24.9 Å². The Balaban J connectivity index is 1.52. The first-order valence-corrected chi connectivity index (χ1v) is 11.6. The molecule has 1 fully saturated rings. The van der Waals surface area contributed by atoms with Crippen LogP contribution in [0.4, 0.5) is 13.2 Å². The zero-order valence-corrected chi connectivity index (χ0v) is 20.0. The van der Waals surface area contributed by atoms with Gasteiger partial charge in [-0.3, -0.25) is 9.30 Å². The quantitative estimate of drug-likeness (QED) is 0.384. The molecule has 0 radical (unpaired) electrons. The van der Waals surface area contributed by atoms with Crippen molar-refractivity contribution in [3.05, 3.63) is 54.2 Å². The average molecular weight is 501 g/mol. The van der Waals surface area contributed by atoms with Gasteiger partial charge in [-0.2, -0.15) is 13.2 Å². The summed E-state index contributed by atoms with van der Waals surface area (Å²) in [5.41, 5.74) is 7.16. The summed E-state index contributed by atoms with van der Waals surface area (Å²) in [4.78, 5) is 6.09. The molecule has 190 valence electrons. The molecule has 0 saturated carbocycles. The van der Waals surface area contributed by atoms with E-state index in [2.05, 4.69) is 10.2 Å². The standard InChI is InChI=1S/C25H27F3N6O2/c1-24(29)9-10-33(15-24)22(25(26,27)28)17-5-8-21-31-32-23(34(21)14-17)19-7-4-16-3-6-18(13-20(16)30-19)36-12-11-35-2/h3-8,13-14,22H,9-12,15,29H2,1-2H3/t22-,24?/m1/s1. The largest absolute Gasteiger partial charge is 0.491 e. The highest BCUT2D eigenvalue weighted by Gasteiger charge is 2.48. The number of hydrogen-bond donors (Lipinski definition) is 1. The Hall–Kier alpha value is -3.28. The average Bonchev–Trinajstić information content (AvgIpc) is 3.40. The van der Waals surface area contributed by atoms with Gasteiger partial charge >= 0.3 is 6.18 Å². The van der Waals surface area contributed by atoms with E-state index in [1.54, 1.807) is 36.6 Å². The van der Waals surface area contributed by atoms with Gasteiger partial charge in [-0.1, -0.05) is 12.1 Å². The van der Waals surface area contributed by atoms with Gasteiger partial charge in [-0.15, -0.1) is 10.2 Å². The number of pyridine rings is 2. The van der Waals surface area contributed by atoms with Gasteiger partial charge in [0.2, 0.25) is 0 Å². The molecule has 0 bridgehead atoms. The van der Waals surface area contributed by atoms with Crippen LogP contribution in [0.2, 0.25) is 0 Å². The van der Waals surface area contributed by atoms with Crippen molar-refractivity contribution in [3.63, 3.8) is 0 Å². The van der Waals surface area contributed by atoms with Crippen molar-refractivity contribution in [2.24, 2.45) is 5.73 Å². The second kappa shape index (κ2) is 9.30. The molecule has 1 aliphatic rings. The molecule has 0 aliphatic carbocycles. The highest BCUT2D eigenvalue weighted by molar-refractivity contribution is 5.82. The minimum atomic E-state index is -4.47. The van der Waals surface area contributed by atoms with Crippen LogP contribution in [-0.2, 0) is 4.74 Å². The number of hydrogen-bond acceptors (Lipinski definition) is 7. The van der Waals surface area contributed by atoms with Gasteiger partial charge in [0.1, 0.15) is 24.1 Å². The maximum absolute atomic E-state index is 14.2. The number of likely N-dealkylation sites (tertiary alicyclic amines) is 1. The highest BCUT2D eigenvalue weighted by Crippen LogP contribution is 2.41. The summed E-state index contributed by atoms with van der Waals surface area (Å²) in [6.45, 7) is 3.07. The van der Waals surface area contributed by atoms with E-state index in [0.717, 1.165) is 5.39 Å². The highest BCUT2D eigenvalue weighted by atomic mass is 19.4. The van der Waals surface area contributed by atoms with E-state index in [9.17, 15) is 13.2 Å². The maximum atomic E-state index is 14.2. The first-order valence-electron chi connectivity index (χ1n) is 11.6. The molecular formula is C25H27F3N6O2. The lowest BCUT2D eigenvalue weighted by atomic mass is 10.0. The lowest BCUT2D eigenvalue weighted by Gasteiger charge is -2.31. The third kappa shape index (κ3) is 4.86. The van der Waals surface area contributed by atoms with Crippen LogP contribution in [0.25, 0.3) is 28.1 Å². The topological polar surface area (TPSA) is 90.8 Å². The SMILES string of the molecule is COCCOc1ccc2ccc(-c3nnc4ccc([C@@H](N5CCC(C)(N)C5)C(F)(F)F)cn34)nc2c1. The van der Waals surface area contributed by atoms with Crippen molar-refractivity contribution in [3.8, 4) is 17.3 Å². The van der Waals surface area contributed by atoms with Gasteiger partial charge in [-0.05, 0) is 43.2 Å². The number of benzene rings is 1. The maximum Gasteiger partial charge on any atom is 0.408 e. The molecule has 1 aromatic carbocycles. The normalized spacial score (nSPS) is 19.8. The molecule has 3 aromatic heterocycles. The lowest BCUT2D eigenvalue weighted by molar-refractivity contribution is -0.184. The number of nitrogens with two attached hydrogens (primary N) is 1. The van der Waals surface area contributed by atoms with Gasteiger partial charge in [0.25, 0.3) is 0 Å². The van der Waals surface area contributed by atoms with Crippen LogP contribution in [-0.4, -0.2) is 69.6 Å². The van der Waals surface area contributed by atoms with Crippen molar-refractivity contribution in [1.29, 1.82) is 0 Å². The minimum Gasteiger partial charge on any atom is -0.491 e. The first-order chi connectivity index (χ1) is 17.1. The molecule has 1 saturated heterocycles. The van der Waals surface area contributed by atoms with Crippen molar-refractivity contribution in [1.82, 2.24) is 24.5 Å².